The highest BCUT2D eigenvalue weighted by Crippen LogP contribution is 2.30. The van der Waals surface area contributed by atoms with Crippen LogP contribution in [-0.2, 0) is 5.88 Å². The van der Waals surface area contributed by atoms with Crippen molar-refractivity contribution in [3.05, 3.63) is 52.1 Å². The van der Waals surface area contributed by atoms with E-state index in [9.17, 15) is 14.5 Å². The first-order chi connectivity index (χ1) is 9.10. The Labute approximate surface area is 112 Å². The number of nitro benzene ring substituents is 1. The number of aromatic nitrogens is 2. The summed E-state index contributed by atoms with van der Waals surface area (Å²) in [6, 6.07) is 2.88. The molecule has 0 saturated heterocycles. The topological polar surface area (TPSA) is 78.2 Å². The Balaban J connectivity index is 2.29. The van der Waals surface area contributed by atoms with Gasteiger partial charge in [-0.15, -0.1) is 11.6 Å². The number of halogens is 2. The molecule has 0 radical (unpaired) electrons. The summed E-state index contributed by atoms with van der Waals surface area (Å²) in [5.41, 5.74) is 0.188. The molecule has 0 aliphatic heterocycles. The summed E-state index contributed by atoms with van der Waals surface area (Å²) in [4.78, 5) is 17.7. The lowest BCUT2D eigenvalue weighted by molar-refractivity contribution is -0.385. The third-order valence-corrected chi connectivity index (χ3v) is 2.46. The van der Waals surface area contributed by atoms with Crippen molar-refractivity contribution in [2.24, 2.45) is 0 Å². The molecule has 2 rings (SSSR count). The van der Waals surface area contributed by atoms with E-state index in [2.05, 4.69) is 9.97 Å². The van der Waals surface area contributed by atoms with E-state index in [1.54, 1.807) is 0 Å². The number of nitrogens with zero attached hydrogens (tertiary/aromatic N) is 3. The van der Waals surface area contributed by atoms with Crippen LogP contribution in [0, 0.1) is 15.9 Å². The lowest BCUT2D eigenvalue weighted by Gasteiger charge is -2.04. The fourth-order valence-corrected chi connectivity index (χ4v) is 1.42. The molecular weight excluding hydrogens is 277 g/mol. The van der Waals surface area contributed by atoms with Crippen molar-refractivity contribution in [1.82, 2.24) is 9.97 Å². The molecule has 0 unspecified atom stereocenters. The summed E-state index contributed by atoms with van der Waals surface area (Å²) in [5, 5.41) is 10.8. The second kappa shape index (κ2) is 5.57. The van der Waals surface area contributed by atoms with Crippen molar-refractivity contribution < 1.29 is 14.1 Å². The molecular formula is C11H7ClFN3O3. The van der Waals surface area contributed by atoms with Crippen LogP contribution < -0.4 is 4.74 Å². The van der Waals surface area contributed by atoms with Gasteiger partial charge in [0.15, 0.2) is 0 Å². The fourth-order valence-electron chi connectivity index (χ4n) is 1.28. The van der Waals surface area contributed by atoms with Gasteiger partial charge in [0.05, 0.1) is 16.9 Å². The Hall–Kier alpha value is -2.28. The van der Waals surface area contributed by atoms with Gasteiger partial charge >= 0.3 is 11.7 Å². The summed E-state index contributed by atoms with van der Waals surface area (Å²) >= 11 is 5.57. The van der Waals surface area contributed by atoms with E-state index in [4.69, 9.17) is 16.3 Å². The quantitative estimate of drug-likeness (QED) is 0.489. The second-order valence-corrected chi connectivity index (χ2v) is 3.75. The van der Waals surface area contributed by atoms with Crippen LogP contribution in [-0.4, -0.2) is 14.9 Å². The Bertz CT molecular complexity index is 607. The number of benzene rings is 1. The highest BCUT2D eigenvalue weighted by Gasteiger charge is 2.17. The Morgan fingerprint density at radius 1 is 1.37 bits per heavy atom. The van der Waals surface area contributed by atoms with Crippen molar-refractivity contribution in [2.45, 2.75) is 5.88 Å². The monoisotopic (exact) mass is 283 g/mol. The van der Waals surface area contributed by atoms with E-state index in [0.717, 1.165) is 18.2 Å². The molecule has 0 amide bonds. The van der Waals surface area contributed by atoms with Crippen molar-refractivity contribution >= 4 is 17.3 Å². The first-order valence-electron chi connectivity index (χ1n) is 5.09. The molecule has 0 atom stereocenters. The van der Waals surface area contributed by atoms with E-state index < -0.39 is 16.4 Å². The molecule has 1 heterocycles. The SMILES string of the molecule is O=[N+]([O-])c1cc(F)ccc1Oc1ncc(CCl)cn1. The molecule has 0 aliphatic carbocycles. The third-order valence-electron chi connectivity index (χ3n) is 2.15. The zero-order chi connectivity index (χ0) is 13.8. The van der Waals surface area contributed by atoms with Crippen LogP contribution in [0.5, 0.6) is 11.8 Å². The molecule has 1 aromatic heterocycles. The van der Waals surface area contributed by atoms with E-state index in [-0.39, 0.29) is 17.6 Å². The molecule has 19 heavy (non-hydrogen) atoms. The first kappa shape index (κ1) is 13.2. The summed E-state index contributed by atoms with van der Waals surface area (Å²) in [5.74, 6) is -0.612. The molecule has 0 fully saturated rings. The average molecular weight is 284 g/mol. The van der Waals surface area contributed by atoms with Crippen LogP contribution in [0.3, 0.4) is 0 Å². The van der Waals surface area contributed by atoms with Gasteiger partial charge in [0.25, 0.3) is 0 Å². The predicted octanol–water partition coefficient (Wildman–Crippen LogP) is 3.06. The van der Waals surface area contributed by atoms with Gasteiger partial charge in [-0.2, -0.15) is 0 Å². The standard InChI is InChI=1S/C11H7ClFN3O3/c12-4-7-5-14-11(15-6-7)19-10-2-1-8(13)3-9(10)16(17)18/h1-3,5-6H,4H2. The Kier molecular flexibility index (Phi) is 3.86. The highest BCUT2D eigenvalue weighted by molar-refractivity contribution is 6.17. The van der Waals surface area contributed by atoms with Crippen molar-refractivity contribution in [3.63, 3.8) is 0 Å². The van der Waals surface area contributed by atoms with Crippen LogP contribution in [0.1, 0.15) is 5.56 Å². The molecule has 0 spiro atoms. The minimum atomic E-state index is -0.744. The molecule has 98 valence electrons. The summed E-state index contributed by atoms with van der Waals surface area (Å²) in [6.45, 7) is 0. The largest absolute Gasteiger partial charge is 0.417 e. The third kappa shape index (κ3) is 3.14. The van der Waals surface area contributed by atoms with E-state index >= 15 is 0 Å². The van der Waals surface area contributed by atoms with Crippen molar-refractivity contribution in [3.8, 4) is 11.8 Å². The minimum Gasteiger partial charge on any atom is -0.417 e. The van der Waals surface area contributed by atoms with Crippen LogP contribution in [0.25, 0.3) is 0 Å². The number of hydrogen-bond donors (Lipinski definition) is 0. The minimum absolute atomic E-state index is 0.0800. The summed E-state index contributed by atoms with van der Waals surface area (Å²) < 4.78 is 18.1. The lowest BCUT2D eigenvalue weighted by Crippen LogP contribution is -1.97. The number of hydrogen-bond acceptors (Lipinski definition) is 5. The van der Waals surface area contributed by atoms with Gasteiger partial charge in [0.2, 0.25) is 5.75 Å². The maximum Gasteiger partial charge on any atom is 0.322 e. The predicted molar refractivity (Wildman–Crippen MR) is 64.7 cm³/mol. The normalized spacial score (nSPS) is 10.2. The smallest absolute Gasteiger partial charge is 0.322 e. The van der Waals surface area contributed by atoms with Crippen LogP contribution in [0.15, 0.2) is 30.6 Å². The van der Waals surface area contributed by atoms with Crippen molar-refractivity contribution in [1.29, 1.82) is 0 Å². The fraction of sp³-hybridized carbons (Fsp3) is 0.0909. The van der Waals surface area contributed by atoms with Crippen LogP contribution in [0.4, 0.5) is 10.1 Å². The van der Waals surface area contributed by atoms with Gasteiger partial charge < -0.3 is 4.74 Å². The Morgan fingerprint density at radius 3 is 2.63 bits per heavy atom. The zero-order valence-electron chi connectivity index (χ0n) is 9.42. The van der Waals surface area contributed by atoms with Crippen LogP contribution in [0.2, 0.25) is 0 Å². The number of ether oxygens (including phenoxy) is 1. The molecule has 2 aromatic rings. The molecule has 1 aromatic carbocycles. The van der Waals surface area contributed by atoms with E-state index in [1.807, 2.05) is 0 Å². The van der Waals surface area contributed by atoms with Gasteiger partial charge in [-0.25, -0.2) is 14.4 Å². The van der Waals surface area contributed by atoms with Gasteiger partial charge in [0.1, 0.15) is 5.82 Å². The first-order valence-corrected chi connectivity index (χ1v) is 5.62. The van der Waals surface area contributed by atoms with Crippen LogP contribution >= 0.6 is 11.6 Å². The van der Waals surface area contributed by atoms with Crippen molar-refractivity contribution in [2.75, 3.05) is 0 Å². The molecule has 6 nitrogen and oxygen atoms in total. The highest BCUT2D eigenvalue weighted by atomic mass is 35.5. The average Bonchev–Trinajstić information content (AvgIpc) is 2.41. The molecule has 0 bridgehead atoms. The zero-order valence-corrected chi connectivity index (χ0v) is 10.2. The van der Waals surface area contributed by atoms with Gasteiger partial charge in [0, 0.05) is 18.0 Å². The lowest BCUT2D eigenvalue weighted by atomic mass is 10.3. The second-order valence-electron chi connectivity index (χ2n) is 3.48. The van der Waals surface area contributed by atoms with Gasteiger partial charge in [-0.3, -0.25) is 10.1 Å². The molecule has 0 saturated carbocycles. The number of alkyl halides is 1. The molecule has 0 aliphatic rings. The summed E-state index contributed by atoms with van der Waals surface area (Å²) in [7, 11) is 0. The maximum absolute atomic E-state index is 12.9. The molecule has 8 heteroatoms. The van der Waals surface area contributed by atoms with Gasteiger partial charge in [-0.1, -0.05) is 0 Å². The van der Waals surface area contributed by atoms with E-state index in [1.165, 1.54) is 12.4 Å². The summed E-state index contributed by atoms with van der Waals surface area (Å²) in [6.07, 6.45) is 2.87. The van der Waals surface area contributed by atoms with E-state index in [0.29, 0.717) is 5.56 Å². The number of nitro groups is 1. The maximum atomic E-state index is 12.9. The van der Waals surface area contributed by atoms with Gasteiger partial charge in [-0.05, 0) is 12.1 Å². The number of rotatable bonds is 4. The Morgan fingerprint density at radius 2 is 2.05 bits per heavy atom. The molecule has 0 N–H and O–H groups in total.